The smallest absolute Gasteiger partial charge is 0.257 e. The molecule has 0 aliphatic carbocycles. The zero-order valence-electron chi connectivity index (χ0n) is 12.2. The Hall–Kier alpha value is -1.81. The van der Waals surface area contributed by atoms with Crippen molar-refractivity contribution in [1.29, 1.82) is 0 Å². The molecule has 1 aliphatic rings. The number of halogens is 1. The summed E-state index contributed by atoms with van der Waals surface area (Å²) in [4.78, 5) is 14.7. The van der Waals surface area contributed by atoms with Crippen LogP contribution >= 0.6 is 11.6 Å². The number of rotatable bonds is 2. The van der Waals surface area contributed by atoms with Gasteiger partial charge in [0.1, 0.15) is 0 Å². The predicted octanol–water partition coefficient (Wildman–Crippen LogP) is 3.36. The number of amides is 1. The Morgan fingerprint density at radius 1 is 1.43 bits per heavy atom. The summed E-state index contributed by atoms with van der Waals surface area (Å²) >= 11 is 6.08. The molecule has 0 N–H and O–H groups in total. The van der Waals surface area contributed by atoms with Gasteiger partial charge in [0.05, 0.1) is 17.8 Å². The first-order valence-corrected chi connectivity index (χ1v) is 7.51. The highest BCUT2D eigenvalue weighted by molar-refractivity contribution is 6.30. The van der Waals surface area contributed by atoms with E-state index in [4.69, 9.17) is 11.6 Å². The predicted molar refractivity (Wildman–Crippen MR) is 82.4 cm³/mol. The Bertz CT molecular complexity index is 680. The topological polar surface area (TPSA) is 38.1 Å². The van der Waals surface area contributed by atoms with E-state index in [0.29, 0.717) is 10.6 Å². The molecule has 21 heavy (non-hydrogen) atoms. The van der Waals surface area contributed by atoms with Gasteiger partial charge in [0, 0.05) is 24.3 Å². The fourth-order valence-electron chi connectivity index (χ4n) is 2.93. The molecule has 1 aliphatic heterocycles. The average molecular weight is 304 g/mol. The summed E-state index contributed by atoms with van der Waals surface area (Å²) < 4.78 is 1.73. The van der Waals surface area contributed by atoms with Gasteiger partial charge in [0.15, 0.2) is 0 Å². The highest BCUT2D eigenvalue weighted by atomic mass is 35.5. The minimum absolute atomic E-state index is 0.0584. The Labute approximate surface area is 129 Å². The van der Waals surface area contributed by atoms with Crippen LogP contribution in [0, 0.1) is 6.92 Å². The van der Waals surface area contributed by atoms with Gasteiger partial charge in [-0.2, -0.15) is 5.10 Å². The van der Waals surface area contributed by atoms with Crippen LogP contribution in [0.4, 0.5) is 0 Å². The summed E-state index contributed by atoms with van der Waals surface area (Å²) in [6.07, 6.45) is 3.65. The lowest BCUT2D eigenvalue weighted by Crippen LogP contribution is -2.30. The Balaban J connectivity index is 1.90. The first kappa shape index (κ1) is 14.1. The Morgan fingerprint density at radius 3 is 2.90 bits per heavy atom. The second-order valence-corrected chi connectivity index (χ2v) is 5.92. The minimum atomic E-state index is 0.0584. The Morgan fingerprint density at radius 2 is 2.24 bits per heavy atom. The van der Waals surface area contributed by atoms with Gasteiger partial charge in [-0.05, 0) is 37.5 Å². The largest absolute Gasteiger partial charge is 0.331 e. The molecule has 1 amide bonds. The summed E-state index contributed by atoms with van der Waals surface area (Å²) in [5, 5.41) is 4.88. The molecular formula is C16H18ClN3O. The van der Waals surface area contributed by atoms with E-state index in [0.717, 1.165) is 30.6 Å². The lowest BCUT2D eigenvalue weighted by Gasteiger charge is -2.25. The number of benzene rings is 1. The molecule has 2 aromatic rings. The van der Waals surface area contributed by atoms with Crippen LogP contribution in [-0.4, -0.2) is 27.1 Å². The van der Waals surface area contributed by atoms with Gasteiger partial charge in [-0.25, -0.2) is 0 Å². The highest BCUT2D eigenvalue weighted by Gasteiger charge is 2.32. The number of likely N-dealkylation sites (tertiary alicyclic amines) is 1. The van der Waals surface area contributed by atoms with E-state index in [1.54, 1.807) is 10.9 Å². The molecule has 1 saturated heterocycles. The van der Waals surface area contributed by atoms with Crippen molar-refractivity contribution in [3.63, 3.8) is 0 Å². The van der Waals surface area contributed by atoms with Gasteiger partial charge in [-0.3, -0.25) is 9.48 Å². The zero-order chi connectivity index (χ0) is 15.0. The average Bonchev–Trinajstić information content (AvgIpc) is 3.07. The molecule has 110 valence electrons. The lowest BCUT2D eigenvalue weighted by atomic mass is 10.0. The van der Waals surface area contributed by atoms with Gasteiger partial charge in [0.25, 0.3) is 5.91 Å². The number of hydrogen-bond acceptors (Lipinski definition) is 2. The number of carbonyl (C=O) groups excluding carboxylic acids is 1. The quantitative estimate of drug-likeness (QED) is 0.853. The van der Waals surface area contributed by atoms with Crippen LogP contribution in [-0.2, 0) is 7.05 Å². The molecule has 0 radical (unpaired) electrons. The molecule has 4 nitrogen and oxygen atoms in total. The number of hydrogen-bond donors (Lipinski definition) is 0. The third kappa shape index (κ3) is 2.56. The normalized spacial score (nSPS) is 18.2. The van der Waals surface area contributed by atoms with Crippen LogP contribution in [0.5, 0.6) is 0 Å². The number of aromatic nitrogens is 2. The molecule has 0 spiro atoms. The molecule has 5 heteroatoms. The van der Waals surface area contributed by atoms with Gasteiger partial charge in [0.2, 0.25) is 0 Å². The van der Waals surface area contributed by atoms with E-state index in [9.17, 15) is 4.79 Å². The van der Waals surface area contributed by atoms with Gasteiger partial charge in [-0.1, -0.05) is 23.7 Å². The molecule has 3 rings (SSSR count). The number of aryl methyl sites for hydroxylation is 1. The molecule has 1 aromatic heterocycles. The molecule has 0 bridgehead atoms. The van der Waals surface area contributed by atoms with E-state index in [2.05, 4.69) is 5.10 Å². The van der Waals surface area contributed by atoms with Crippen LogP contribution in [0.3, 0.4) is 0 Å². The van der Waals surface area contributed by atoms with Gasteiger partial charge < -0.3 is 4.90 Å². The van der Waals surface area contributed by atoms with E-state index < -0.39 is 0 Å². The van der Waals surface area contributed by atoms with Crippen molar-refractivity contribution in [2.45, 2.75) is 25.8 Å². The van der Waals surface area contributed by atoms with E-state index >= 15 is 0 Å². The maximum Gasteiger partial charge on any atom is 0.257 e. The zero-order valence-corrected chi connectivity index (χ0v) is 13.0. The van der Waals surface area contributed by atoms with E-state index in [-0.39, 0.29) is 11.9 Å². The molecule has 1 fully saturated rings. The van der Waals surface area contributed by atoms with E-state index in [1.807, 2.05) is 43.1 Å². The molecule has 1 atom stereocenters. The summed E-state index contributed by atoms with van der Waals surface area (Å²) in [6, 6.07) is 7.90. The van der Waals surface area contributed by atoms with Crippen molar-refractivity contribution in [3.8, 4) is 0 Å². The summed E-state index contributed by atoms with van der Waals surface area (Å²) in [5.41, 5.74) is 2.69. The first-order chi connectivity index (χ1) is 10.1. The first-order valence-electron chi connectivity index (χ1n) is 7.13. The van der Waals surface area contributed by atoms with Crippen LogP contribution in [0.2, 0.25) is 5.02 Å². The van der Waals surface area contributed by atoms with Gasteiger partial charge in [-0.15, -0.1) is 0 Å². The van der Waals surface area contributed by atoms with Crippen LogP contribution in [0.1, 0.15) is 40.5 Å². The third-order valence-corrected chi connectivity index (χ3v) is 4.45. The van der Waals surface area contributed by atoms with Crippen LogP contribution in [0.15, 0.2) is 30.5 Å². The van der Waals surface area contributed by atoms with Gasteiger partial charge >= 0.3 is 0 Å². The molecule has 1 unspecified atom stereocenters. The molecule has 2 heterocycles. The van der Waals surface area contributed by atoms with Crippen LogP contribution in [0.25, 0.3) is 0 Å². The lowest BCUT2D eigenvalue weighted by molar-refractivity contribution is 0.0735. The minimum Gasteiger partial charge on any atom is -0.331 e. The number of nitrogens with zero attached hydrogens (tertiary/aromatic N) is 3. The van der Waals surface area contributed by atoms with Crippen LogP contribution < -0.4 is 0 Å². The summed E-state index contributed by atoms with van der Waals surface area (Å²) in [7, 11) is 1.85. The monoisotopic (exact) mass is 303 g/mol. The van der Waals surface area contributed by atoms with Crippen molar-refractivity contribution >= 4 is 17.5 Å². The van der Waals surface area contributed by atoms with Crippen molar-refractivity contribution in [2.75, 3.05) is 6.54 Å². The maximum atomic E-state index is 12.8. The standard InChI is InChI=1S/C16H18ClN3O/c1-11-14(10-18-19(11)2)16(21)20-8-4-7-15(20)12-5-3-6-13(17)9-12/h3,5-6,9-10,15H,4,7-8H2,1-2H3. The highest BCUT2D eigenvalue weighted by Crippen LogP contribution is 2.34. The number of carbonyl (C=O) groups is 1. The van der Waals surface area contributed by atoms with Crippen molar-refractivity contribution in [2.24, 2.45) is 7.05 Å². The summed E-state index contributed by atoms with van der Waals surface area (Å²) in [5.74, 6) is 0.0584. The fourth-order valence-corrected chi connectivity index (χ4v) is 3.13. The Kier molecular flexibility index (Phi) is 3.72. The summed E-state index contributed by atoms with van der Waals surface area (Å²) in [6.45, 7) is 2.70. The third-order valence-electron chi connectivity index (χ3n) is 4.21. The molecule has 1 aromatic carbocycles. The molecule has 0 saturated carbocycles. The van der Waals surface area contributed by atoms with Crippen molar-refractivity contribution in [3.05, 3.63) is 52.3 Å². The van der Waals surface area contributed by atoms with E-state index in [1.165, 1.54) is 0 Å². The van der Waals surface area contributed by atoms with Crippen molar-refractivity contribution in [1.82, 2.24) is 14.7 Å². The second kappa shape index (κ2) is 5.53. The fraction of sp³-hybridized carbons (Fsp3) is 0.375. The SMILES string of the molecule is Cc1c(C(=O)N2CCCC2c2cccc(Cl)c2)cnn1C. The van der Waals surface area contributed by atoms with Crippen molar-refractivity contribution < 1.29 is 4.79 Å². The second-order valence-electron chi connectivity index (χ2n) is 5.48. The maximum absolute atomic E-state index is 12.8. The molecular weight excluding hydrogens is 286 g/mol.